The molecule has 1 aromatic carbocycles. The second-order valence-electron chi connectivity index (χ2n) is 5.49. The number of halogens is 1. The van der Waals surface area contributed by atoms with Crippen molar-refractivity contribution in [3.63, 3.8) is 0 Å². The lowest BCUT2D eigenvalue weighted by molar-refractivity contribution is -0.123. The minimum atomic E-state index is -0.151. The molecule has 1 aliphatic heterocycles. The highest BCUT2D eigenvalue weighted by molar-refractivity contribution is 6.31. The Morgan fingerprint density at radius 1 is 1.05 bits per heavy atom. The number of carbonyl (C=O) groups excluding carboxylic acids is 2. The number of benzene rings is 1. The summed E-state index contributed by atoms with van der Waals surface area (Å²) in [7, 11) is 0. The molecule has 4 atom stereocenters. The number of amides is 2. The van der Waals surface area contributed by atoms with Gasteiger partial charge in [0.25, 0.3) is 0 Å². The first-order valence-corrected chi connectivity index (χ1v) is 6.86. The molecular formula is C15H12ClNO2. The second-order valence-corrected chi connectivity index (χ2v) is 5.93. The van der Waals surface area contributed by atoms with Crippen LogP contribution >= 0.6 is 11.6 Å². The quantitative estimate of drug-likeness (QED) is 0.583. The molecule has 19 heavy (non-hydrogen) atoms. The maximum Gasteiger partial charge on any atom is 0.238 e. The Kier molecular flexibility index (Phi) is 2.19. The van der Waals surface area contributed by atoms with Crippen molar-refractivity contribution >= 4 is 29.1 Å². The van der Waals surface area contributed by atoms with Crippen LogP contribution in [-0.4, -0.2) is 11.8 Å². The van der Waals surface area contributed by atoms with E-state index in [9.17, 15) is 9.59 Å². The third-order valence-corrected chi connectivity index (χ3v) is 4.77. The number of hydrogen-bond acceptors (Lipinski definition) is 2. The number of allylic oxidation sites excluding steroid dienone is 2. The van der Waals surface area contributed by atoms with Crippen molar-refractivity contribution in [3.05, 3.63) is 41.4 Å². The van der Waals surface area contributed by atoms with Crippen molar-refractivity contribution in [3.8, 4) is 0 Å². The Morgan fingerprint density at radius 2 is 1.68 bits per heavy atom. The third kappa shape index (κ3) is 1.39. The van der Waals surface area contributed by atoms with E-state index in [0.717, 1.165) is 6.42 Å². The monoisotopic (exact) mass is 273 g/mol. The highest BCUT2D eigenvalue weighted by atomic mass is 35.5. The Balaban J connectivity index is 1.77. The van der Waals surface area contributed by atoms with Gasteiger partial charge in [-0.3, -0.25) is 9.59 Å². The van der Waals surface area contributed by atoms with E-state index in [1.165, 1.54) is 4.90 Å². The van der Waals surface area contributed by atoms with Crippen molar-refractivity contribution in [2.45, 2.75) is 6.42 Å². The zero-order valence-corrected chi connectivity index (χ0v) is 10.9. The molecule has 2 fully saturated rings. The highest BCUT2D eigenvalue weighted by Gasteiger charge is 2.59. The van der Waals surface area contributed by atoms with Crippen LogP contribution in [0.2, 0.25) is 5.02 Å². The predicted octanol–water partition coefficient (Wildman–Crippen LogP) is 2.65. The van der Waals surface area contributed by atoms with Gasteiger partial charge in [-0.05, 0) is 36.5 Å². The van der Waals surface area contributed by atoms with Crippen LogP contribution in [0.15, 0.2) is 36.4 Å². The molecule has 1 saturated heterocycles. The van der Waals surface area contributed by atoms with E-state index in [-0.39, 0.29) is 35.5 Å². The number of anilines is 1. The number of carbonyl (C=O) groups is 2. The lowest BCUT2D eigenvalue weighted by Crippen LogP contribution is -2.32. The number of nitrogens with zero attached hydrogens (tertiary/aromatic N) is 1. The molecule has 4 heteroatoms. The van der Waals surface area contributed by atoms with Crippen molar-refractivity contribution in [1.29, 1.82) is 0 Å². The first-order chi connectivity index (χ1) is 9.16. The summed E-state index contributed by atoms with van der Waals surface area (Å²) in [5.41, 5.74) is 0.594. The molecule has 3 aliphatic rings. The molecule has 0 radical (unpaired) electrons. The molecule has 4 rings (SSSR count). The zero-order chi connectivity index (χ0) is 13.1. The minimum Gasteiger partial charge on any atom is -0.274 e. The molecule has 2 aliphatic carbocycles. The van der Waals surface area contributed by atoms with Crippen LogP contribution in [0.25, 0.3) is 0 Å². The van der Waals surface area contributed by atoms with Gasteiger partial charge in [0.2, 0.25) is 11.8 Å². The van der Waals surface area contributed by atoms with E-state index in [1.807, 2.05) is 0 Å². The maximum atomic E-state index is 12.5. The summed E-state index contributed by atoms with van der Waals surface area (Å²) in [6, 6.07) is 6.94. The van der Waals surface area contributed by atoms with Gasteiger partial charge in [-0.2, -0.15) is 0 Å². The van der Waals surface area contributed by atoms with E-state index in [1.54, 1.807) is 24.3 Å². The van der Waals surface area contributed by atoms with Crippen LogP contribution < -0.4 is 4.90 Å². The molecule has 1 unspecified atom stereocenters. The molecule has 1 aromatic rings. The van der Waals surface area contributed by atoms with E-state index >= 15 is 0 Å². The van der Waals surface area contributed by atoms with E-state index in [0.29, 0.717) is 10.7 Å². The van der Waals surface area contributed by atoms with Gasteiger partial charge in [0, 0.05) is 5.02 Å². The molecule has 3 nitrogen and oxygen atoms in total. The van der Waals surface area contributed by atoms with Crippen molar-refractivity contribution in [2.24, 2.45) is 23.7 Å². The first-order valence-electron chi connectivity index (χ1n) is 6.48. The Bertz CT molecular complexity index is 594. The van der Waals surface area contributed by atoms with Crippen LogP contribution in [0.1, 0.15) is 6.42 Å². The summed E-state index contributed by atoms with van der Waals surface area (Å²) in [4.78, 5) is 26.4. The molecule has 0 aromatic heterocycles. The van der Waals surface area contributed by atoms with E-state index < -0.39 is 0 Å². The smallest absolute Gasteiger partial charge is 0.238 e. The summed E-state index contributed by atoms with van der Waals surface area (Å²) in [6.45, 7) is 0. The molecule has 0 spiro atoms. The number of hydrogen-bond donors (Lipinski definition) is 0. The minimum absolute atomic E-state index is 0.0610. The largest absolute Gasteiger partial charge is 0.274 e. The summed E-state index contributed by atoms with van der Waals surface area (Å²) >= 11 is 5.95. The fourth-order valence-electron chi connectivity index (χ4n) is 3.77. The van der Waals surface area contributed by atoms with E-state index in [2.05, 4.69) is 12.2 Å². The van der Waals surface area contributed by atoms with Gasteiger partial charge in [0.1, 0.15) is 0 Å². The second kappa shape index (κ2) is 3.70. The normalized spacial score (nSPS) is 35.3. The van der Waals surface area contributed by atoms with Gasteiger partial charge in [-0.1, -0.05) is 29.8 Å². The fraction of sp³-hybridized carbons (Fsp3) is 0.333. The van der Waals surface area contributed by atoms with Crippen LogP contribution in [0.4, 0.5) is 5.69 Å². The third-order valence-electron chi connectivity index (χ3n) is 4.54. The van der Waals surface area contributed by atoms with Crippen molar-refractivity contribution < 1.29 is 9.59 Å². The lowest BCUT2D eigenvalue weighted by Gasteiger charge is -2.17. The van der Waals surface area contributed by atoms with Gasteiger partial charge < -0.3 is 0 Å². The van der Waals surface area contributed by atoms with Gasteiger partial charge in [0.15, 0.2) is 0 Å². The standard InChI is InChI=1S/C15H12ClNO2/c16-10-2-1-3-11(7-10)17-14(18)12-8-4-5-9(6-8)13(12)15(17)19/h1-5,7-9,12-13H,6H2/t8-,9+,12-,13?/m1/s1. The fourth-order valence-corrected chi connectivity index (χ4v) is 3.96. The average molecular weight is 274 g/mol. The molecule has 0 N–H and O–H groups in total. The van der Waals surface area contributed by atoms with Crippen molar-refractivity contribution in [1.82, 2.24) is 0 Å². The van der Waals surface area contributed by atoms with Crippen LogP contribution in [-0.2, 0) is 9.59 Å². The van der Waals surface area contributed by atoms with Gasteiger partial charge in [-0.15, -0.1) is 0 Å². The predicted molar refractivity (Wildman–Crippen MR) is 71.7 cm³/mol. The Morgan fingerprint density at radius 3 is 2.26 bits per heavy atom. The summed E-state index contributed by atoms with van der Waals surface area (Å²) in [5, 5.41) is 0.538. The average Bonchev–Trinajstić information content (AvgIpc) is 3.04. The van der Waals surface area contributed by atoms with Crippen molar-refractivity contribution in [2.75, 3.05) is 4.90 Å². The summed E-state index contributed by atoms with van der Waals surface area (Å²) in [5.74, 6) is 0.0671. The number of rotatable bonds is 1. The zero-order valence-electron chi connectivity index (χ0n) is 10.1. The summed E-state index contributed by atoms with van der Waals surface area (Å²) in [6.07, 6.45) is 5.15. The Hall–Kier alpha value is -1.61. The molecule has 2 amide bonds. The Labute approximate surface area is 115 Å². The van der Waals surface area contributed by atoms with Crippen LogP contribution in [0.5, 0.6) is 0 Å². The molecular weight excluding hydrogens is 262 g/mol. The molecule has 96 valence electrons. The van der Waals surface area contributed by atoms with Gasteiger partial charge >= 0.3 is 0 Å². The topological polar surface area (TPSA) is 37.4 Å². The number of imide groups is 1. The van der Waals surface area contributed by atoms with E-state index in [4.69, 9.17) is 11.6 Å². The SMILES string of the molecule is O=C1C2[C@H]3C=C[C@H](C3)[C@H]2C(=O)N1c1cccc(Cl)c1. The molecule has 1 heterocycles. The first kappa shape index (κ1) is 11.2. The number of fused-ring (bicyclic) bond motifs is 5. The molecule has 2 bridgehead atoms. The lowest BCUT2D eigenvalue weighted by atomic mass is 9.85. The van der Waals surface area contributed by atoms with Crippen LogP contribution in [0, 0.1) is 23.7 Å². The highest BCUT2D eigenvalue weighted by Crippen LogP contribution is 2.53. The van der Waals surface area contributed by atoms with Gasteiger partial charge in [0.05, 0.1) is 17.5 Å². The summed E-state index contributed by atoms with van der Waals surface area (Å²) < 4.78 is 0. The molecule has 1 saturated carbocycles. The van der Waals surface area contributed by atoms with Crippen LogP contribution in [0.3, 0.4) is 0 Å². The van der Waals surface area contributed by atoms with Gasteiger partial charge in [-0.25, -0.2) is 4.90 Å². The maximum absolute atomic E-state index is 12.5.